The summed E-state index contributed by atoms with van der Waals surface area (Å²) in [5.74, 6) is 0. The summed E-state index contributed by atoms with van der Waals surface area (Å²) in [6.45, 7) is 5.42. The van der Waals surface area contributed by atoms with Gasteiger partial charge < -0.3 is 0 Å². The predicted molar refractivity (Wildman–Crippen MR) is 60.3 cm³/mol. The predicted octanol–water partition coefficient (Wildman–Crippen LogP) is 4.32. The molecule has 0 N–H and O–H groups in total. The maximum Gasteiger partial charge on any atom is 0 e. The van der Waals surface area contributed by atoms with E-state index in [4.69, 9.17) is 0 Å². The minimum absolute atomic E-state index is 0. The van der Waals surface area contributed by atoms with Gasteiger partial charge in [0.05, 0.1) is 0 Å². The van der Waals surface area contributed by atoms with E-state index < -0.39 is 0 Å². The minimum atomic E-state index is 0. The van der Waals surface area contributed by atoms with Crippen LogP contribution in [0.15, 0.2) is 61.2 Å². The fourth-order valence-electron chi connectivity index (χ4n) is 0.521. The zero-order chi connectivity index (χ0) is 8.36. The van der Waals surface area contributed by atoms with E-state index in [0.717, 1.165) is 0 Å². The van der Waals surface area contributed by atoms with Gasteiger partial charge in [-0.2, -0.15) is 0 Å². The SMILES string of the molecule is C.C=C/C=C\C.[HH].c1ccccc1. The lowest BCUT2D eigenvalue weighted by Crippen LogP contribution is -1.47. The molecule has 0 heterocycles. The number of hydrogen-bond donors (Lipinski definition) is 0. The van der Waals surface area contributed by atoms with Gasteiger partial charge in [-0.15, -0.1) is 0 Å². The summed E-state index contributed by atoms with van der Waals surface area (Å²) in [5.41, 5.74) is 0. The molecule has 1 rings (SSSR count). The van der Waals surface area contributed by atoms with Crippen molar-refractivity contribution in [1.29, 1.82) is 0 Å². The summed E-state index contributed by atoms with van der Waals surface area (Å²) in [5, 5.41) is 0. The van der Waals surface area contributed by atoms with Crippen LogP contribution >= 0.6 is 0 Å². The Morgan fingerprint density at radius 3 is 1.42 bits per heavy atom. The van der Waals surface area contributed by atoms with Crippen LogP contribution < -0.4 is 0 Å². The van der Waals surface area contributed by atoms with Crippen molar-refractivity contribution in [3.05, 3.63) is 61.2 Å². The van der Waals surface area contributed by atoms with Crippen molar-refractivity contribution in [2.24, 2.45) is 0 Å². The molecule has 0 nitrogen and oxygen atoms in total. The van der Waals surface area contributed by atoms with E-state index in [-0.39, 0.29) is 8.85 Å². The number of rotatable bonds is 1. The van der Waals surface area contributed by atoms with Gasteiger partial charge in [-0.05, 0) is 6.92 Å². The summed E-state index contributed by atoms with van der Waals surface area (Å²) in [7, 11) is 0. The average molecular weight is 164 g/mol. The molecule has 0 unspecified atom stereocenters. The van der Waals surface area contributed by atoms with Crippen LogP contribution in [-0.2, 0) is 0 Å². The van der Waals surface area contributed by atoms with Gasteiger partial charge in [-0.1, -0.05) is 68.6 Å². The lowest BCUT2D eigenvalue weighted by atomic mass is 10.4. The van der Waals surface area contributed by atoms with Crippen molar-refractivity contribution in [2.75, 3.05) is 0 Å². The van der Waals surface area contributed by atoms with Crippen LogP contribution in [0.3, 0.4) is 0 Å². The van der Waals surface area contributed by atoms with Gasteiger partial charge in [0.25, 0.3) is 0 Å². The Kier molecular flexibility index (Phi) is 13.7. The molecule has 0 radical (unpaired) electrons. The van der Waals surface area contributed by atoms with Gasteiger partial charge in [0.15, 0.2) is 0 Å². The Bertz CT molecular complexity index is 163. The molecule has 0 saturated carbocycles. The van der Waals surface area contributed by atoms with Crippen LogP contribution in [0.25, 0.3) is 0 Å². The molecule has 0 aliphatic heterocycles. The second-order valence-electron chi connectivity index (χ2n) is 1.92. The van der Waals surface area contributed by atoms with E-state index in [1.165, 1.54) is 0 Å². The van der Waals surface area contributed by atoms with Crippen LogP contribution in [0, 0.1) is 0 Å². The highest BCUT2D eigenvalue weighted by Crippen LogP contribution is 1.79. The van der Waals surface area contributed by atoms with Crippen molar-refractivity contribution in [3.63, 3.8) is 0 Å². The second-order valence-corrected chi connectivity index (χ2v) is 1.92. The van der Waals surface area contributed by atoms with Gasteiger partial charge in [-0.3, -0.25) is 0 Å². The highest BCUT2D eigenvalue weighted by Gasteiger charge is 1.57. The molecule has 1 aromatic rings. The minimum Gasteiger partial charge on any atom is -0.0991 e. The van der Waals surface area contributed by atoms with Crippen molar-refractivity contribution in [1.82, 2.24) is 0 Å². The summed E-state index contributed by atoms with van der Waals surface area (Å²) in [6, 6.07) is 12.0. The molecule has 0 amide bonds. The zero-order valence-electron chi connectivity index (χ0n) is 6.90. The van der Waals surface area contributed by atoms with Gasteiger partial charge in [0.1, 0.15) is 0 Å². The lowest BCUT2D eigenvalue weighted by Gasteiger charge is -1.69. The lowest BCUT2D eigenvalue weighted by molar-refractivity contribution is 1.72. The third kappa shape index (κ3) is 11.5. The van der Waals surface area contributed by atoms with Crippen molar-refractivity contribution in [3.8, 4) is 0 Å². The molecule has 0 spiro atoms. The highest BCUT2D eigenvalue weighted by atomic mass is 13.6. The van der Waals surface area contributed by atoms with Crippen molar-refractivity contribution in [2.45, 2.75) is 14.4 Å². The largest absolute Gasteiger partial charge is 0.0991 e. The molecular formula is C12H20. The van der Waals surface area contributed by atoms with Crippen LogP contribution in [0.4, 0.5) is 0 Å². The first-order valence-corrected chi connectivity index (χ1v) is 3.65. The Hall–Kier alpha value is -1.30. The molecule has 0 aliphatic rings. The number of benzene rings is 1. The summed E-state index contributed by atoms with van der Waals surface area (Å²) in [4.78, 5) is 0. The topological polar surface area (TPSA) is 0 Å². The zero-order valence-corrected chi connectivity index (χ0v) is 6.90. The summed E-state index contributed by atoms with van der Waals surface area (Å²) < 4.78 is 0. The molecule has 0 heteroatoms. The van der Waals surface area contributed by atoms with Gasteiger partial charge >= 0.3 is 0 Å². The fourth-order valence-corrected chi connectivity index (χ4v) is 0.521. The Morgan fingerprint density at radius 1 is 1.00 bits per heavy atom. The maximum absolute atomic E-state index is 3.46. The van der Waals surface area contributed by atoms with E-state index in [0.29, 0.717) is 0 Å². The Labute approximate surface area is 77.7 Å². The third-order valence-corrected chi connectivity index (χ3v) is 0.995. The quantitative estimate of drug-likeness (QED) is 0.542. The first-order chi connectivity index (χ1) is 5.41. The molecule has 12 heavy (non-hydrogen) atoms. The molecule has 1 aromatic carbocycles. The molecule has 68 valence electrons. The Balaban J connectivity index is -0.000000136. The average Bonchev–Trinajstić information content (AvgIpc) is 2.10. The van der Waals surface area contributed by atoms with Crippen molar-refractivity contribution >= 4 is 0 Å². The molecule has 0 saturated heterocycles. The van der Waals surface area contributed by atoms with Gasteiger partial charge in [0, 0.05) is 1.43 Å². The summed E-state index contributed by atoms with van der Waals surface area (Å²) in [6.07, 6.45) is 5.58. The third-order valence-electron chi connectivity index (χ3n) is 0.995. The van der Waals surface area contributed by atoms with Crippen molar-refractivity contribution < 1.29 is 1.43 Å². The van der Waals surface area contributed by atoms with Crippen LogP contribution in [-0.4, -0.2) is 0 Å². The number of hydrogen-bond acceptors (Lipinski definition) is 0. The molecule has 0 fully saturated rings. The second kappa shape index (κ2) is 12.4. The molecule has 0 aromatic heterocycles. The number of allylic oxidation sites excluding steroid dienone is 3. The Morgan fingerprint density at radius 2 is 1.33 bits per heavy atom. The summed E-state index contributed by atoms with van der Waals surface area (Å²) >= 11 is 0. The van der Waals surface area contributed by atoms with E-state index in [2.05, 4.69) is 6.58 Å². The van der Waals surface area contributed by atoms with Crippen LogP contribution in [0.1, 0.15) is 15.8 Å². The first kappa shape index (κ1) is 13.3. The van der Waals surface area contributed by atoms with E-state index in [1.54, 1.807) is 6.08 Å². The molecule has 0 aliphatic carbocycles. The first-order valence-electron chi connectivity index (χ1n) is 3.65. The van der Waals surface area contributed by atoms with Gasteiger partial charge in [0.2, 0.25) is 0 Å². The maximum atomic E-state index is 3.46. The fraction of sp³-hybridized carbons (Fsp3) is 0.167. The highest BCUT2D eigenvalue weighted by molar-refractivity contribution is 4.99. The van der Waals surface area contributed by atoms with Crippen LogP contribution in [0.5, 0.6) is 0 Å². The monoisotopic (exact) mass is 164 g/mol. The van der Waals surface area contributed by atoms with Gasteiger partial charge in [-0.25, -0.2) is 0 Å². The molecule has 0 bridgehead atoms. The standard InChI is InChI=1S/C6H6.C5H8.CH4.H2/c1-2-4-6-5-3-1;1-3-5-4-2;;/h1-6H;3-5H,1H2,2H3;1H4;1H/b;5-4-;;. The van der Waals surface area contributed by atoms with E-state index >= 15 is 0 Å². The smallest absolute Gasteiger partial charge is 0 e. The molecular weight excluding hydrogens is 144 g/mol. The van der Waals surface area contributed by atoms with Crippen LogP contribution in [0.2, 0.25) is 0 Å². The molecule has 0 atom stereocenters. The van der Waals surface area contributed by atoms with E-state index in [9.17, 15) is 0 Å². The normalized spacial score (nSPS) is 7.75. The van der Waals surface area contributed by atoms with E-state index in [1.807, 2.05) is 55.5 Å².